The molecule has 0 amide bonds. The molecule has 2 rings (SSSR count). The van der Waals surface area contributed by atoms with Crippen LogP contribution >= 0.6 is 12.2 Å². The van der Waals surface area contributed by atoms with Gasteiger partial charge in [-0.2, -0.15) is 0 Å². The average molecular weight is 248 g/mol. The molecule has 1 aliphatic carbocycles. The minimum Gasteiger partial charge on any atom is -0.366 e. The predicted octanol–water partition coefficient (Wildman–Crippen LogP) is 2.72. The molecule has 1 atom stereocenters. The van der Waals surface area contributed by atoms with Crippen LogP contribution in [0.4, 0.5) is 0 Å². The molecule has 17 heavy (non-hydrogen) atoms. The number of aryl methyl sites for hydroxylation is 2. The Kier molecular flexibility index (Phi) is 4.00. The number of hydrogen-bond donors (Lipinski definition) is 2. The maximum absolute atomic E-state index is 5.13. The third kappa shape index (κ3) is 2.97. The fourth-order valence-corrected chi connectivity index (χ4v) is 2.55. The van der Waals surface area contributed by atoms with Crippen molar-refractivity contribution < 1.29 is 0 Å². The van der Waals surface area contributed by atoms with Crippen molar-refractivity contribution in [2.24, 2.45) is 0 Å². The van der Waals surface area contributed by atoms with Gasteiger partial charge in [0.15, 0.2) is 5.11 Å². The lowest BCUT2D eigenvalue weighted by molar-refractivity contribution is 0.672. The smallest absolute Gasteiger partial charge is 0.166 e. The van der Waals surface area contributed by atoms with Crippen LogP contribution < -0.4 is 10.6 Å². The Balaban J connectivity index is 2.13. The number of hydrogen-bond acceptors (Lipinski definition) is 1. The maximum Gasteiger partial charge on any atom is 0.166 e. The molecule has 2 nitrogen and oxygen atoms in total. The second-order valence-corrected chi connectivity index (χ2v) is 5.09. The van der Waals surface area contributed by atoms with E-state index in [9.17, 15) is 0 Å². The van der Waals surface area contributed by atoms with Gasteiger partial charge in [0, 0.05) is 7.05 Å². The Hall–Kier alpha value is -1.09. The number of benzene rings is 1. The first-order valence-corrected chi connectivity index (χ1v) is 6.71. The Bertz CT molecular complexity index is 415. The van der Waals surface area contributed by atoms with E-state index in [0.717, 1.165) is 0 Å². The van der Waals surface area contributed by atoms with Gasteiger partial charge < -0.3 is 10.6 Å². The van der Waals surface area contributed by atoms with Gasteiger partial charge in [0.25, 0.3) is 0 Å². The summed E-state index contributed by atoms with van der Waals surface area (Å²) >= 11 is 5.13. The van der Waals surface area contributed by atoms with Gasteiger partial charge in [-0.15, -0.1) is 0 Å². The Morgan fingerprint density at radius 1 is 1.24 bits per heavy atom. The van der Waals surface area contributed by atoms with Gasteiger partial charge in [-0.3, -0.25) is 0 Å². The molecule has 0 unspecified atom stereocenters. The van der Waals surface area contributed by atoms with Gasteiger partial charge in [0.1, 0.15) is 0 Å². The summed E-state index contributed by atoms with van der Waals surface area (Å²) in [5, 5.41) is 6.93. The summed E-state index contributed by atoms with van der Waals surface area (Å²) in [6.45, 7) is 2.15. The van der Waals surface area contributed by atoms with Crippen molar-refractivity contribution >= 4 is 17.3 Å². The zero-order valence-corrected chi connectivity index (χ0v) is 11.4. The maximum atomic E-state index is 5.13. The minimum absolute atomic E-state index is 0.266. The van der Waals surface area contributed by atoms with E-state index in [2.05, 4.69) is 35.8 Å². The Morgan fingerprint density at radius 2 is 1.94 bits per heavy atom. The lowest BCUT2D eigenvalue weighted by Crippen LogP contribution is -2.34. The van der Waals surface area contributed by atoms with Crippen molar-refractivity contribution in [1.82, 2.24) is 10.6 Å². The van der Waals surface area contributed by atoms with Crippen LogP contribution in [-0.4, -0.2) is 12.2 Å². The van der Waals surface area contributed by atoms with Gasteiger partial charge in [-0.25, -0.2) is 0 Å². The molecule has 0 saturated heterocycles. The van der Waals surface area contributed by atoms with Crippen LogP contribution in [0.25, 0.3) is 0 Å². The summed E-state index contributed by atoms with van der Waals surface area (Å²) in [4.78, 5) is 0. The summed E-state index contributed by atoms with van der Waals surface area (Å²) in [6.07, 6.45) is 5.13. The molecule has 1 aromatic rings. The van der Waals surface area contributed by atoms with E-state index in [4.69, 9.17) is 12.2 Å². The average Bonchev–Trinajstić information content (AvgIpc) is 2.38. The zero-order chi connectivity index (χ0) is 12.3. The van der Waals surface area contributed by atoms with Gasteiger partial charge in [0.05, 0.1) is 6.04 Å². The van der Waals surface area contributed by atoms with E-state index in [-0.39, 0.29) is 6.04 Å². The van der Waals surface area contributed by atoms with Crippen molar-refractivity contribution in [1.29, 1.82) is 0 Å². The second-order valence-electron chi connectivity index (χ2n) is 4.68. The monoisotopic (exact) mass is 248 g/mol. The normalized spacial score (nSPS) is 15.9. The van der Waals surface area contributed by atoms with E-state index in [1.807, 2.05) is 7.05 Å². The summed E-state index contributed by atoms with van der Waals surface area (Å²) in [6, 6.07) is 7.11. The quantitative estimate of drug-likeness (QED) is 0.787. The van der Waals surface area contributed by atoms with E-state index >= 15 is 0 Å². The molecule has 0 heterocycles. The van der Waals surface area contributed by atoms with Gasteiger partial charge in [-0.05, 0) is 61.5 Å². The topological polar surface area (TPSA) is 24.1 Å². The van der Waals surface area contributed by atoms with Crippen LogP contribution in [0.15, 0.2) is 18.2 Å². The fraction of sp³-hybridized carbons (Fsp3) is 0.500. The number of thiocarbonyl (C=S) groups is 1. The summed E-state index contributed by atoms with van der Waals surface area (Å²) in [7, 11) is 1.84. The van der Waals surface area contributed by atoms with Crippen LogP contribution in [-0.2, 0) is 12.8 Å². The standard InChI is InChI=1S/C14H20N2S/c1-10(16-14(17)15-2)12-8-7-11-5-3-4-6-13(11)9-12/h7-10H,3-6H2,1-2H3,(H2,15,16,17)/t10-/m1/s1. The SMILES string of the molecule is CNC(=S)N[C@H](C)c1ccc2c(c1)CCCC2. The van der Waals surface area contributed by atoms with Crippen molar-refractivity contribution in [3.63, 3.8) is 0 Å². The fourth-order valence-electron chi connectivity index (χ4n) is 2.37. The summed E-state index contributed by atoms with van der Waals surface area (Å²) in [5.74, 6) is 0. The van der Waals surface area contributed by atoms with Gasteiger partial charge in [-0.1, -0.05) is 18.2 Å². The van der Waals surface area contributed by atoms with Crippen LogP contribution in [0.1, 0.15) is 42.5 Å². The minimum atomic E-state index is 0.266. The zero-order valence-electron chi connectivity index (χ0n) is 10.5. The highest BCUT2D eigenvalue weighted by atomic mass is 32.1. The Labute approximate surface area is 109 Å². The highest BCUT2D eigenvalue weighted by Crippen LogP contribution is 2.24. The first-order chi connectivity index (χ1) is 8.20. The molecule has 3 heteroatoms. The molecule has 0 fully saturated rings. The van der Waals surface area contributed by atoms with Gasteiger partial charge in [0.2, 0.25) is 0 Å². The van der Waals surface area contributed by atoms with E-state index in [1.54, 1.807) is 0 Å². The van der Waals surface area contributed by atoms with Crippen molar-refractivity contribution in [3.8, 4) is 0 Å². The second kappa shape index (κ2) is 5.50. The molecule has 0 aliphatic heterocycles. The van der Waals surface area contributed by atoms with Crippen molar-refractivity contribution in [2.75, 3.05) is 7.05 Å². The molecule has 0 aromatic heterocycles. The summed E-state index contributed by atoms with van der Waals surface area (Å²) < 4.78 is 0. The molecule has 0 saturated carbocycles. The molecule has 0 bridgehead atoms. The molecule has 92 valence electrons. The first-order valence-electron chi connectivity index (χ1n) is 6.30. The third-order valence-electron chi connectivity index (χ3n) is 3.45. The molecule has 0 spiro atoms. The van der Waals surface area contributed by atoms with Crippen LogP contribution in [0, 0.1) is 0 Å². The lowest BCUT2D eigenvalue weighted by atomic mass is 9.89. The molecule has 1 aromatic carbocycles. The number of nitrogens with one attached hydrogen (secondary N) is 2. The molecular weight excluding hydrogens is 228 g/mol. The number of fused-ring (bicyclic) bond motifs is 1. The van der Waals surface area contributed by atoms with E-state index in [0.29, 0.717) is 5.11 Å². The molecule has 2 N–H and O–H groups in total. The molecule has 1 aliphatic rings. The first kappa shape index (κ1) is 12.4. The van der Waals surface area contributed by atoms with Crippen LogP contribution in [0.2, 0.25) is 0 Å². The third-order valence-corrected chi connectivity index (χ3v) is 3.77. The summed E-state index contributed by atoms with van der Waals surface area (Å²) in [5.41, 5.74) is 4.38. The number of rotatable bonds is 2. The van der Waals surface area contributed by atoms with Crippen molar-refractivity contribution in [3.05, 3.63) is 34.9 Å². The van der Waals surface area contributed by atoms with Crippen LogP contribution in [0.3, 0.4) is 0 Å². The lowest BCUT2D eigenvalue weighted by Gasteiger charge is -2.20. The largest absolute Gasteiger partial charge is 0.366 e. The molecule has 0 radical (unpaired) electrons. The highest BCUT2D eigenvalue weighted by molar-refractivity contribution is 7.80. The molecular formula is C14H20N2S. The predicted molar refractivity (Wildman–Crippen MR) is 76.3 cm³/mol. The van der Waals surface area contributed by atoms with Crippen LogP contribution in [0.5, 0.6) is 0 Å². The highest BCUT2D eigenvalue weighted by Gasteiger charge is 2.12. The van der Waals surface area contributed by atoms with Crippen molar-refractivity contribution in [2.45, 2.75) is 38.6 Å². The van der Waals surface area contributed by atoms with Gasteiger partial charge >= 0.3 is 0 Å². The Morgan fingerprint density at radius 3 is 2.65 bits per heavy atom. The van der Waals surface area contributed by atoms with E-state index < -0.39 is 0 Å². The van der Waals surface area contributed by atoms with E-state index in [1.165, 1.54) is 42.4 Å².